The molecule has 4 aromatic rings. The van der Waals surface area contributed by atoms with E-state index in [-0.39, 0.29) is 17.8 Å². The lowest BCUT2D eigenvalue weighted by molar-refractivity contribution is -0.143. The summed E-state index contributed by atoms with van der Waals surface area (Å²) in [5.74, 6) is -0.954. The predicted molar refractivity (Wildman–Crippen MR) is 131 cm³/mol. The van der Waals surface area contributed by atoms with E-state index in [0.29, 0.717) is 6.42 Å². The van der Waals surface area contributed by atoms with E-state index in [4.69, 9.17) is 0 Å². The minimum absolute atomic E-state index is 0.0768. The van der Waals surface area contributed by atoms with Crippen LogP contribution in [-0.2, 0) is 4.79 Å². The first-order valence-corrected chi connectivity index (χ1v) is 12.4. The number of hydrogen-bond donors (Lipinski definition) is 1. The summed E-state index contributed by atoms with van der Waals surface area (Å²) in [7, 11) is -0.715. The molecule has 2 unspecified atom stereocenters. The van der Waals surface area contributed by atoms with Crippen molar-refractivity contribution in [1.82, 2.24) is 0 Å². The average molecular weight is 434 g/mol. The predicted octanol–water partition coefficient (Wildman–Crippen LogP) is 5.13. The summed E-state index contributed by atoms with van der Waals surface area (Å²) in [5, 5.41) is 14.0. The number of benzene rings is 4. The van der Waals surface area contributed by atoms with Crippen molar-refractivity contribution < 1.29 is 9.90 Å². The Kier molecular flexibility index (Phi) is 4.70. The molecule has 0 aliphatic heterocycles. The molecule has 0 radical (unpaired) electrons. The first-order chi connectivity index (χ1) is 15.7. The Morgan fingerprint density at radius 1 is 0.656 bits per heavy atom. The van der Waals surface area contributed by atoms with E-state index in [1.54, 1.807) is 0 Å². The van der Waals surface area contributed by atoms with Gasteiger partial charge in [-0.15, -0.1) is 0 Å². The Morgan fingerprint density at radius 2 is 1.22 bits per heavy atom. The van der Waals surface area contributed by atoms with Crippen LogP contribution in [0.3, 0.4) is 0 Å². The Morgan fingerprint density at radius 3 is 1.84 bits per heavy atom. The molecule has 1 N–H and O–H groups in total. The largest absolute Gasteiger partial charge is 0.481 e. The van der Waals surface area contributed by atoms with E-state index >= 15 is 0 Å². The van der Waals surface area contributed by atoms with Crippen LogP contribution in [0.25, 0.3) is 0 Å². The molecule has 3 aliphatic rings. The fraction of sp³-hybridized carbons (Fsp3) is 0.138. The van der Waals surface area contributed by atoms with Gasteiger partial charge < -0.3 is 5.11 Å². The van der Waals surface area contributed by atoms with Crippen LogP contribution in [-0.4, -0.2) is 11.1 Å². The van der Waals surface area contributed by atoms with Gasteiger partial charge in [-0.25, -0.2) is 0 Å². The molecule has 0 spiro atoms. The van der Waals surface area contributed by atoms with Crippen molar-refractivity contribution in [3.8, 4) is 0 Å². The number of carboxylic acids is 1. The summed E-state index contributed by atoms with van der Waals surface area (Å²) in [4.78, 5) is 12.2. The molecular weight excluding hydrogens is 411 g/mol. The summed E-state index contributed by atoms with van der Waals surface area (Å²) in [6, 6.07) is 36.7. The molecule has 32 heavy (non-hydrogen) atoms. The normalized spacial score (nSPS) is 20.6. The zero-order valence-corrected chi connectivity index (χ0v) is 18.5. The van der Waals surface area contributed by atoms with E-state index in [9.17, 15) is 9.90 Å². The number of fused-ring (bicyclic) bond motifs is 1. The number of carboxylic acid groups (broad SMARTS) is 1. The molecule has 0 saturated carbocycles. The van der Waals surface area contributed by atoms with Gasteiger partial charge in [-0.2, -0.15) is 0 Å². The van der Waals surface area contributed by atoms with Gasteiger partial charge in [-0.05, 0) is 58.6 Å². The maximum absolute atomic E-state index is 12.2. The monoisotopic (exact) mass is 434 g/mol. The molecule has 2 bridgehead atoms. The smallest absolute Gasteiger partial charge is 0.307 e. The van der Waals surface area contributed by atoms with Gasteiger partial charge in [0, 0.05) is 11.8 Å². The van der Waals surface area contributed by atoms with E-state index in [0.717, 1.165) is 0 Å². The number of rotatable bonds is 4. The second-order valence-corrected chi connectivity index (χ2v) is 10.9. The molecule has 3 aliphatic carbocycles. The van der Waals surface area contributed by atoms with E-state index in [1.807, 2.05) is 6.07 Å². The fourth-order valence-corrected chi connectivity index (χ4v) is 7.98. The lowest BCUT2D eigenvalue weighted by atomic mass is 9.59. The molecule has 156 valence electrons. The molecular formula is C29H23O2P. The maximum atomic E-state index is 12.2. The highest BCUT2D eigenvalue weighted by atomic mass is 31.1. The first-order valence-electron chi connectivity index (χ1n) is 11.1. The van der Waals surface area contributed by atoms with Crippen LogP contribution in [0, 0.1) is 5.92 Å². The van der Waals surface area contributed by atoms with Gasteiger partial charge in [-0.3, -0.25) is 4.79 Å². The van der Waals surface area contributed by atoms with Gasteiger partial charge in [0.25, 0.3) is 0 Å². The zero-order chi connectivity index (χ0) is 21.7. The molecule has 0 amide bonds. The van der Waals surface area contributed by atoms with E-state index in [2.05, 4.69) is 97.1 Å². The Bertz CT molecular complexity index is 1260. The molecule has 0 saturated heterocycles. The summed E-state index contributed by atoms with van der Waals surface area (Å²) < 4.78 is 0. The molecule has 4 aromatic carbocycles. The summed E-state index contributed by atoms with van der Waals surface area (Å²) in [6.45, 7) is 0. The third-order valence-electron chi connectivity index (χ3n) is 6.98. The highest BCUT2D eigenvalue weighted by molar-refractivity contribution is 7.79. The van der Waals surface area contributed by atoms with Gasteiger partial charge in [0.1, 0.15) is 0 Å². The van der Waals surface area contributed by atoms with E-state index in [1.165, 1.54) is 38.2 Å². The Balaban J connectivity index is 1.54. The van der Waals surface area contributed by atoms with Gasteiger partial charge in [0.05, 0.1) is 5.92 Å². The summed E-state index contributed by atoms with van der Waals surface area (Å²) in [6.07, 6.45) is 0.690. The minimum Gasteiger partial charge on any atom is -0.481 e. The lowest BCUT2D eigenvalue weighted by Gasteiger charge is -2.44. The quantitative estimate of drug-likeness (QED) is 0.453. The molecule has 0 aromatic heterocycles. The number of carbonyl (C=O) groups is 1. The molecule has 0 fully saturated rings. The highest BCUT2D eigenvalue weighted by Gasteiger charge is 2.46. The molecule has 3 heteroatoms. The van der Waals surface area contributed by atoms with Crippen molar-refractivity contribution >= 4 is 29.8 Å². The topological polar surface area (TPSA) is 37.3 Å². The van der Waals surface area contributed by atoms with Gasteiger partial charge in [-0.1, -0.05) is 97.1 Å². The summed E-state index contributed by atoms with van der Waals surface area (Å²) in [5.41, 5.74) is 5.03. The first kappa shape index (κ1) is 19.5. The van der Waals surface area contributed by atoms with Gasteiger partial charge >= 0.3 is 5.97 Å². The Hall–Kier alpha value is -3.22. The van der Waals surface area contributed by atoms with Crippen molar-refractivity contribution in [3.05, 3.63) is 125 Å². The zero-order valence-electron chi connectivity index (χ0n) is 17.6. The second-order valence-electron chi connectivity index (χ2n) is 8.66. The third-order valence-corrected chi connectivity index (χ3v) is 9.41. The van der Waals surface area contributed by atoms with Crippen LogP contribution in [0.15, 0.2) is 103 Å². The lowest BCUT2D eigenvalue weighted by Crippen LogP contribution is -2.37. The van der Waals surface area contributed by atoms with Crippen molar-refractivity contribution in [2.45, 2.75) is 18.3 Å². The third kappa shape index (κ3) is 3.02. The number of aliphatic carboxylic acids is 1. The van der Waals surface area contributed by atoms with Crippen molar-refractivity contribution in [2.75, 3.05) is 0 Å². The Labute approximate surface area is 189 Å². The van der Waals surface area contributed by atoms with Crippen molar-refractivity contribution in [2.24, 2.45) is 5.92 Å². The van der Waals surface area contributed by atoms with Crippen LogP contribution in [0.2, 0.25) is 0 Å². The van der Waals surface area contributed by atoms with Crippen molar-refractivity contribution in [3.63, 3.8) is 0 Å². The second kappa shape index (κ2) is 7.73. The van der Waals surface area contributed by atoms with Crippen LogP contribution in [0.4, 0.5) is 0 Å². The standard InChI is InChI=1S/C29H23O2P/c30-29(31)27-18-25-22-13-7-8-14-24(22)28(27)26-17-21(15-16-23(25)26)32(19-9-3-1-4-10-19)20-11-5-2-6-12-20/h1-17,25,27-28H,18H2,(H,30,31)/t25?,27-,28?/m0/s1. The average Bonchev–Trinajstić information content (AvgIpc) is 2.85. The van der Waals surface area contributed by atoms with Crippen LogP contribution >= 0.6 is 7.92 Å². The van der Waals surface area contributed by atoms with Crippen molar-refractivity contribution in [1.29, 1.82) is 0 Å². The molecule has 2 nitrogen and oxygen atoms in total. The van der Waals surface area contributed by atoms with Crippen LogP contribution in [0.5, 0.6) is 0 Å². The fourth-order valence-electron chi connectivity index (χ4n) is 5.66. The maximum Gasteiger partial charge on any atom is 0.307 e. The van der Waals surface area contributed by atoms with Crippen LogP contribution in [0.1, 0.15) is 40.5 Å². The summed E-state index contributed by atoms with van der Waals surface area (Å²) >= 11 is 0. The van der Waals surface area contributed by atoms with Crippen LogP contribution < -0.4 is 15.9 Å². The molecule has 7 rings (SSSR count). The van der Waals surface area contributed by atoms with E-state index < -0.39 is 13.9 Å². The molecule has 0 heterocycles. The highest BCUT2D eigenvalue weighted by Crippen LogP contribution is 2.55. The SMILES string of the molecule is O=C(O)[C@H]1CC2c3ccccc3C1c1cc(P(c3ccccc3)c3ccccc3)ccc12. The van der Waals surface area contributed by atoms with Gasteiger partial charge in [0.15, 0.2) is 0 Å². The molecule has 3 atom stereocenters. The minimum atomic E-state index is -0.715. The number of hydrogen-bond acceptors (Lipinski definition) is 1. The van der Waals surface area contributed by atoms with Gasteiger partial charge in [0.2, 0.25) is 0 Å².